The minimum absolute atomic E-state index is 0.0924. The molecule has 1 N–H and O–H groups in total. The number of carbonyl (C=O) groups is 3. The summed E-state index contributed by atoms with van der Waals surface area (Å²) in [5.41, 5.74) is 0.767. The van der Waals surface area contributed by atoms with Crippen LogP contribution in [0.25, 0.3) is 0 Å². The molecule has 11 heteroatoms. The highest BCUT2D eigenvalue weighted by Crippen LogP contribution is 2.45. The van der Waals surface area contributed by atoms with Crippen LogP contribution in [-0.4, -0.2) is 47.6 Å². The monoisotopic (exact) mass is 554 g/mol. The number of aromatic nitrogens is 1. The molecular weight excluding hydrogens is 528 g/mol. The first-order valence-electron chi connectivity index (χ1n) is 11.8. The minimum Gasteiger partial charge on any atom is -0.503 e. The summed E-state index contributed by atoms with van der Waals surface area (Å²) in [6.45, 7) is 9.58. The number of Topliss-reactive ketones (excluding diaryl/α,β-unsaturated/α-hetero) is 1. The van der Waals surface area contributed by atoms with Crippen LogP contribution in [0.5, 0.6) is 11.5 Å². The van der Waals surface area contributed by atoms with Crippen molar-refractivity contribution in [2.45, 2.75) is 26.8 Å². The van der Waals surface area contributed by atoms with Gasteiger partial charge in [-0.1, -0.05) is 36.1 Å². The predicted octanol–water partition coefficient (Wildman–Crippen LogP) is 5.44. The van der Waals surface area contributed by atoms with Crippen LogP contribution in [0, 0.1) is 6.92 Å². The van der Waals surface area contributed by atoms with E-state index >= 15 is 0 Å². The molecule has 0 aliphatic carbocycles. The van der Waals surface area contributed by atoms with Crippen molar-refractivity contribution in [3.05, 3.63) is 80.7 Å². The van der Waals surface area contributed by atoms with Crippen molar-refractivity contribution in [2.24, 2.45) is 0 Å². The molecule has 0 spiro atoms. The Morgan fingerprint density at radius 1 is 1.18 bits per heavy atom. The van der Waals surface area contributed by atoms with E-state index in [1.165, 1.54) is 16.2 Å². The molecule has 1 atom stereocenters. The molecule has 1 aromatic carbocycles. The maximum Gasteiger partial charge on any atom is 0.350 e. The number of aryl methyl sites for hydroxylation is 1. The third-order valence-electron chi connectivity index (χ3n) is 5.59. The van der Waals surface area contributed by atoms with Crippen LogP contribution >= 0.6 is 22.7 Å². The van der Waals surface area contributed by atoms with E-state index in [1.54, 1.807) is 55.6 Å². The Labute approximate surface area is 227 Å². The molecule has 0 saturated carbocycles. The van der Waals surface area contributed by atoms with Gasteiger partial charge in [0, 0.05) is 0 Å². The highest BCUT2D eigenvalue weighted by atomic mass is 32.1. The SMILES string of the molecule is C=CCOc1ccc(C2C(C(=O)c3cccs3)=C(O)C(=O)N2c2nc(C)c(C(=O)OCC)s2)cc1OCC. The van der Waals surface area contributed by atoms with Crippen molar-refractivity contribution in [2.75, 3.05) is 24.7 Å². The van der Waals surface area contributed by atoms with Gasteiger partial charge >= 0.3 is 5.97 Å². The lowest BCUT2D eigenvalue weighted by Gasteiger charge is -2.25. The molecular formula is C27H26N2O7S2. The van der Waals surface area contributed by atoms with Gasteiger partial charge in [0.2, 0.25) is 5.78 Å². The number of rotatable bonds is 11. The molecule has 198 valence electrons. The van der Waals surface area contributed by atoms with E-state index in [0.29, 0.717) is 34.2 Å². The highest BCUT2D eigenvalue weighted by Gasteiger charge is 2.46. The van der Waals surface area contributed by atoms with E-state index in [9.17, 15) is 19.5 Å². The lowest BCUT2D eigenvalue weighted by Crippen LogP contribution is -2.31. The van der Waals surface area contributed by atoms with Crippen LogP contribution in [0.4, 0.5) is 5.13 Å². The van der Waals surface area contributed by atoms with E-state index < -0.39 is 29.5 Å². The standard InChI is InChI=1S/C27H26N2O7S2/c1-5-12-36-17-11-10-16(14-18(17)34-6-2)21-20(22(30)19-9-8-13-37-19)23(31)25(32)29(21)27-28-15(4)24(38-27)26(33)35-7-3/h5,8-11,13-14,21,31H,1,6-7,12H2,2-4H3. The zero-order valence-electron chi connectivity index (χ0n) is 21.1. The number of aliphatic hydroxyl groups is 1. The first-order chi connectivity index (χ1) is 18.3. The number of benzene rings is 1. The van der Waals surface area contributed by atoms with Crippen LogP contribution in [0.3, 0.4) is 0 Å². The molecule has 1 unspecified atom stereocenters. The Hall–Kier alpha value is -3.96. The zero-order chi connectivity index (χ0) is 27.4. The van der Waals surface area contributed by atoms with E-state index in [-0.39, 0.29) is 28.8 Å². The molecule has 9 nitrogen and oxygen atoms in total. The minimum atomic E-state index is -1.04. The average Bonchev–Trinajstić information content (AvgIpc) is 3.62. The third kappa shape index (κ3) is 5.07. The summed E-state index contributed by atoms with van der Waals surface area (Å²) < 4.78 is 16.6. The first kappa shape index (κ1) is 27.1. The van der Waals surface area contributed by atoms with Gasteiger partial charge in [-0.25, -0.2) is 9.78 Å². The van der Waals surface area contributed by atoms with E-state index in [1.807, 2.05) is 6.92 Å². The number of carbonyl (C=O) groups excluding carboxylic acids is 3. The molecule has 4 rings (SSSR count). The molecule has 0 bridgehead atoms. The lowest BCUT2D eigenvalue weighted by atomic mass is 9.95. The second-order valence-corrected chi connectivity index (χ2v) is 9.94. The van der Waals surface area contributed by atoms with E-state index in [2.05, 4.69) is 11.6 Å². The summed E-state index contributed by atoms with van der Waals surface area (Å²) in [5, 5.41) is 12.9. The highest BCUT2D eigenvalue weighted by molar-refractivity contribution is 7.17. The predicted molar refractivity (Wildman–Crippen MR) is 145 cm³/mol. The summed E-state index contributed by atoms with van der Waals surface area (Å²) in [7, 11) is 0. The number of nitrogens with zero attached hydrogens (tertiary/aromatic N) is 2. The number of aliphatic hydroxyl groups excluding tert-OH is 1. The van der Waals surface area contributed by atoms with Gasteiger partial charge in [0.1, 0.15) is 11.5 Å². The van der Waals surface area contributed by atoms with Gasteiger partial charge in [-0.3, -0.25) is 14.5 Å². The van der Waals surface area contributed by atoms with Crippen LogP contribution in [0.2, 0.25) is 0 Å². The fourth-order valence-electron chi connectivity index (χ4n) is 3.99. The van der Waals surface area contributed by atoms with Crippen LogP contribution < -0.4 is 14.4 Å². The number of amides is 1. The summed E-state index contributed by atoms with van der Waals surface area (Å²) in [6.07, 6.45) is 1.60. The Kier molecular flexibility index (Phi) is 8.28. The Morgan fingerprint density at radius 2 is 1.97 bits per heavy atom. The molecule has 3 aromatic rings. The summed E-state index contributed by atoms with van der Waals surface area (Å²) >= 11 is 2.16. The number of ether oxygens (including phenoxy) is 3. The summed E-state index contributed by atoms with van der Waals surface area (Å²) in [5.74, 6) is -1.67. The van der Waals surface area contributed by atoms with Crippen molar-refractivity contribution in [1.82, 2.24) is 4.98 Å². The van der Waals surface area contributed by atoms with Gasteiger partial charge in [0.25, 0.3) is 5.91 Å². The average molecular weight is 555 g/mol. The Bertz CT molecular complexity index is 1410. The fraction of sp³-hybridized carbons (Fsp3) is 0.259. The Morgan fingerprint density at radius 3 is 2.63 bits per heavy atom. The molecule has 3 heterocycles. The number of ketones is 1. The second kappa shape index (κ2) is 11.6. The van der Waals surface area contributed by atoms with Gasteiger partial charge in [-0.2, -0.15) is 0 Å². The van der Waals surface area contributed by atoms with Gasteiger partial charge in [0.05, 0.1) is 35.4 Å². The summed E-state index contributed by atoms with van der Waals surface area (Å²) in [6, 6.07) is 7.34. The van der Waals surface area contributed by atoms with Crippen LogP contribution in [0.15, 0.2) is 59.7 Å². The largest absolute Gasteiger partial charge is 0.503 e. The van der Waals surface area contributed by atoms with Gasteiger partial charge in [0.15, 0.2) is 22.4 Å². The number of hydrogen-bond acceptors (Lipinski definition) is 10. The number of hydrogen-bond donors (Lipinski definition) is 1. The zero-order valence-corrected chi connectivity index (χ0v) is 22.7. The first-order valence-corrected chi connectivity index (χ1v) is 13.5. The number of anilines is 1. The summed E-state index contributed by atoms with van der Waals surface area (Å²) in [4.78, 5) is 45.7. The fourth-order valence-corrected chi connectivity index (χ4v) is 5.66. The molecule has 1 aliphatic heterocycles. The number of thiophene rings is 1. The maximum atomic E-state index is 13.6. The smallest absolute Gasteiger partial charge is 0.350 e. The molecule has 0 fully saturated rings. The maximum absolute atomic E-state index is 13.6. The van der Waals surface area contributed by atoms with Gasteiger partial charge in [-0.15, -0.1) is 11.3 Å². The third-order valence-corrected chi connectivity index (χ3v) is 7.60. The molecule has 1 aliphatic rings. The van der Waals surface area contributed by atoms with Crippen molar-refractivity contribution < 1.29 is 33.7 Å². The van der Waals surface area contributed by atoms with Gasteiger partial charge < -0.3 is 19.3 Å². The van der Waals surface area contributed by atoms with E-state index in [4.69, 9.17) is 14.2 Å². The second-order valence-electron chi connectivity index (χ2n) is 8.02. The Balaban J connectivity index is 1.87. The van der Waals surface area contributed by atoms with Crippen LogP contribution in [0.1, 0.15) is 50.5 Å². The van der Waals surface area contributed by atoms with Crippen molar-refractivity contribution in [3.8, 4) is 11.5 Å². The van der Waals surface area contributed by atoms with Crippen molar-refractivity contribution in [1.29, 1.82) is 0 Å². The number of thiazole rings is 1. The quantitative estimate of drug-likeness (QED) is 0.189. The number of esters is 1. The van der Waals surface area contributed by atoms with Crippen molar-refractivity contribution >= 4 is 45.5 Å². The lowest BCUT2D eigenvalue weighted by molar-refractivity contribution is -0.117. The van der Waals surface area contributed by atoms with Crippen LogP contribution in [-0.2, 0) is 9.53 Å². The molecule has 0 radical (unpaired) electrons. The van der Waals surface area contributed by atoms with E-state index in [0.717, 1.165) is 11.3 Å². The molecule has 2 aromatic heterocycles. The molecule has 0 saturated heterocycles. The van der Waals surface area contributed by atoms with Gasteiger partial charge in [-0.05, 0) is 49.9 Å². The molecule has 1 amide bonds. The van der Waals surface area contributed by atoms with Crippen molar-refractivity contribution in [3.63, 3.8) is 0 Å². The molecule has 38 heavy (non-hydrogen) atoms. The topological polar surface area (TPSA) is 115 Å². The normalized spacial score (nSPS) is 15.1.